The van der Waals surface area contributed by atoms with Crippen LogP contribution >= 0.6 is 11.8 Å². The molecule has 0 radical (unpaired) electrons. The molecule has 1 N–H and O–H groups in total. The minimum absolute atomic E-state index is 0.0269. The monoisotopic (exact) mass is 351 g/mol. The van der Waals surface area contributed by atoms with Crippen molar-refractivity contribution in [1.82, 2.24) is 0 Å². The zero-order chi connectivity index (χ0) is 16.4. The van der Waals surface area contributed by atoms with E-state index in [0.29, 0.717) is 4.90 Å². The first kappa shape index (κ1) is 16.6. The molecule has 0 atom stereocenters. The van der Waals surface area contributed by atoms with Crippen LogP contribution in [-0.2, 0) is 10.0 Å². The van der Waals surface area contributed by atoms with Crippen LogP contribution in [0, 0.1) is 5.82 Å². The van der Waals surface area contributed by atoms with Gasteiger partial charge in [-0.1, -0.05) is 30.0 Å². The summed E-state index contributed by atoms with van der Waals surface area (Å²) < 4.78 is 74.4. The Balaban J connectivity index is 2.37. The second-order valence-electron chi connectivity index (χ2n) is 4.11. The molecule has 22 heavy (non-hydrogen) atoms. The SMILES string of the molecule is O=S(=O)(Nc1ccc(F)cc1Sc1ccccc1)C(F)(F)F. The number of hydrogen-bond donors (Lipinski definition) is 1. The van der Waals surface area contributed by atoms with Crippen LogP contribution in [0.4, 0.5) is 23.2 Å². The quantitative estimate of drug-likeness (QED) is 0.838. The number of rotatable bonds is 4. The van der Waals surface area contributed by atoms with E-state index in [1.807, 2.05) is 0 Å². The van der Waals surface area contributed by atoms with Crippen LogP contribution in [0.25, 0.3) is 0 Å². The Kier molecular flexibility index (Phi) is 4.66. The highest BCUT2D eigenvalue weighted by Crippen LogP contribution is 2.36. The second-order valence-corrected chi connectivity index (χ2v) is 6.90. The Hall–Kier alpha value is -1.74. The summed E-state index contributed by atoms with van der Waals surface area (Å²) in [6, 6.07) is 11.2. The average molecular weight is 351 g/mol. The molecule has 0 heterocycles. The largest absolute Gasteiger partial charge is 0.516 e. The van der Waals surface area contributed by atoms with Crippen LogP contribution in [0.1, 0.15) is 0 Å². The normalized spacial score (nSPS) is 12.2. The van der Waals surface area contributed by atoms with Gasteiger partial charge in [0.05, 0.1) is 5.69 Å². The Morgan fingerprint density at radius 2 is 1.64 bits per heavy atom. The molecule has 0 aromatic heterocycles. The van der Waals surface area contributed by atoms with Crippen molar-refractivity contribution in [3.8, 4) is 0 Å². The van der Waals surface area contributed by atoms with Gasteiger partial charge in [-0.05, 0) is 30.3 Å². The summed E-state index contributed by atoms with van der Waals surface area (Å²) in [5, 5.41) is 0. The summed E-state index contributed by atoms with van der Waals surface area (Å²) in [5.74, 6) is -0.687. The molecule has 0 spiro atoms. The molecule has 2 rings (SSSR count). The molecule has 3 nitrogen and oxygen atoms in total. The van der Waals surface area contributed by atoms with Crippen molar-refractivity contribution >= 4 is 27.5 Å². The van der Waals surface area contributed by atoms with Crippen molar-refractivity contribution in [2.24, 2.45) is 0 Å². The van der Waals surface area contributed by atoms with E-state index in [-0.39, 0.29) is 10.6 Å². The number of halogens is 4. The zero-order valence-corrected chi connectivity index (χ0v) is 12.4. The van der Waals surface area contributed by atoms with Gasteiger partial charge in [-0.15, -0.1) is 0 Å². The van der Waals surface area contributed by atoms with Crippen LogP contribution < -0.4 is 4.72 Å². The number of sulfonamides is 1. The van der Waals surface area contributed by atoms with Crippen LogP contribution in [-0.4, -0.2) is 13.9 Å². The van der Waals surface area contributed by atoms with Crippen LogP contribution in [0.2, 0.25) is 0 Å². The van der Waals surface area contributed by atoms with Crippen molar-refractivity contribution in [1.29, 1.82) is 0 Å². The van der Waals surface area contributed by atoms with E-state index in [0.717, 1.165) is 30.0 Å². The lowest BCUT2D eigenvalue weighted by Gasteiger charge is -2.14. The standard InChI is InChI=1S/C13H9F4NO2S2/c14-9-6-7-11(18-22(19,20)13(15,16)17)12(8-9)21-10-4-2-1-3-5-10/h1-8,18H. The second kappa shape index (κ2) is 6.17. The minimum atomic E-state index is -5.56. The van der Waals surface area contributed by atoms with Gasteiger partial charge in [0, 0.05) is 9.79 Å². The molecular formula is C13H9F4NO2S2. The van der Waals surface area contributed by atoms with Crippen molar-refractivity contribution < 1.29 is 26.0 Å². The maximum absolute atomic E-state index is 13.3. The molecule has 0 aliphatic rings. The summed E-state index contributed by atoms with van der Waals surface area (Å²) in [4.78, 5) is 0.652. The fourth-order valence-electron chi connectivity index (χ4n) is 1.48. The smallest absolute Gasteiger partial charge is 0.275 e. The van der Waals surface area contributed by atoms with Gasteiger partial charge < -0.3 is 0 Å². The number of benzene rings is 2. The fraction of sp³-hybridized carbons (Fsp3) is 0.0769. The highest BCUT2D eigenvalue weighted by Gasteiger charge is 2.46. The summed E-state index contributed by atoms with van der Waals surface area (Å²) >= 11 is 0.945. The van der Waals surface area contributed by atoms with Gasteiger partial charge in [0.25, 0.3) is 0 Å². The van der Waals surface area contributed by atoms with E-state index in [9.17, 15) is 26.0 Å². The third kappa shape index (κ3) is 3.92. The summed E-state index contributed by atoms with van der Waals surface area (Å²) in [6.45, 7) is 0. The lowest BCUT2D eigenvalue weighted by molar-refractivity contribution is -0.0429. The molecule has 2 aromatic carbocycles. The number of hydrogen-bond acceptors (Lipinski definition) is 3. The van der Waals surface area contributed by atoms with E-state index < -0.39 is 21.3 Å². The fourth-order valence-corrected chi connectivity index (χ4v) is 3.08. The molecule has 9 heteroatoms. The van der Waals surface area contributed by atoms with Crippen LogP contribution in [0.5, 0.6) is 0 Å². The predicted octanol–water partition coefficient (Wildman–Crippen LogP) is 4.24. The van der Waals surface area contributed by atoms with Gasteiger partial charge in [-0.25, -0.2) is 4.39 Å². The third-order valence-electron chi connectivity index (χ3n) is 2.46. The molecular weight excluding hydrogens is 342 g/mol. The number of anilines is 1. The first-order valence-corrected chi connectivity index (χ1v) is 8.10. The molecule has 0 aliphatic heterocycles. The molecule has 0 amide bonds. The zero-order valence-electron chi connectivity index (χ0n) is 10.8. The van der Waals surface area contributed by atoms with Gasteiger partial charge in [-0.3, -0.25) is 4.72 Å². The van der Waals surface area contributed by atoms with E-state index in [1.165, 1.54) is 4.72 Å². The van der Waals surface area contributed by atoms with Gasteiger partial charge in [0.15, 0.2) is 0 Å². The Morgan fingerprint density at radius 1 is 1.00 bits per heavy atom. The van der Waals surface area contributed by atoms with Crippen molar-refractivity contribution in [3.05, 3.63) is 54.3 Å². The molecule has 118 valence electrons. The average Bonchev–Trinajstić information content (AvgIpc) is 2.41. The number of nitrogens with one attached hydrogen (secondary N) is 1. The van der Waals surface area contributed by atoms with E-state index in [4.69, 9.17) is 0 Å². The molecule has 0 unspecified atom stereocenters. The highest BCUT2D eigenvalue weighted by molar-refractivity contribution is 7.99. The highest BCUT2D eigenvalue weighted by atomic mass is 32.2. The molecule has 0 aliphatic carbocycles. The van der Waals surface area contributed by atoms with Gasteiger partial charge in [-0.2, -0.15) is 21.6 Å². The lowest BCUT2D eigenvalue weighted by atomic mass is 10.3. The van der Waals surface area contributed by atoms with Crippen LogP contribution in [0.15, 0.2) is 58.3 Å². The van der Waals surface area contributed by atoms with E-state index >= 15 is 0 Å². The Morgan fingerprint density at radius 3 is 2.23 bits per heavy atom. The summed E-state index contributed by atoms with van der Waals surface area (Å²) in [6.07, 6.45) is 0. The van der Waals surface area contributed by atoms with Gasteiger partial charge in [0.2, 0.25) is 0 Å². The van der Waals surface area contributed by atoms with Crippen LogP contribution in [0.3, 0.4) is 0 Å². The summed E-state index contributed by atoms with van der Waals surface area (Å²) in [7, 11) is -5.56. The van der Waals surface area contributed by atoms with Crippen molar-refractivity contribution in [2.75, 3.05) is 4.72 Å². The maximum Gasteiger partial charge on any atom is 0.516 e. The van der Waals surface area contributed by atoms with Gasteiger partial charge in [0.1, 0.15) is 5.82 Å². The predicted molar refractivity (Wildman–Crippen MR) is 75.6 cm³/mol. The molecule has 0 fully saturated rings. The van der Waals surface area contributed by atoms with Gasteiger partial charge >= 0.3 is 15.5 Å². The van der Waals surface area contributed by atoms with E-state index in [1.54, 1.807) is 30.3 Å². The number of alkyl halides is 3. The Labute approximate surface area is 128 Å². The molecule has 0 saturated carbocycles. The van der Waals surface area contributed by atoms with Crippen molar-refractivity contribution in [3.63, 3.8) is 0 Å². The lowest BCUT2D eigenvalue weighted by Crippen LogP contribution is -2.30. The molecule has 2 aromatic rings. The van der Waals surface area contributed by atoms with Crippen molar-refractivity contribution in [2.45, 2.75) is 15.3 Å². The first-order valence-electron chi connectivity index (χ1n) is 5.80. The maximum atomic E-state index is 13.3. The minimum Gasteiger partial charge on any atom is -0.275 e. The molecule has 0 bridgehead atoms. The molecule has 0 saturated heterocycles. The van der Waals surface area contributed by atoms with E-state index in [2.05, 4.69) is 0 Å². The third-order valence-corrected chi connectivity index (χ3v) is 4.63. The summed E-state index contributed by atoms with van der Waals surface area (Å²) in [5.41, 5.74) is -5.79. The Bertz CT molecular complexity index is 761. The first-order chi connectivity index (χ1) is 10.2. The topological polar surface area (TPSA) is 46.2 Å².